The Morgan fingerprint density at radius 1 is 1.47 bits per heavy atom. The number of nitrogens with zero attached hydrogens (tertiary/aromatic N) is 2. The van der Waals surface area contributed by atoms with Crippen molar-refractivity contribution in [3.8, 4) is 0 Å². The van der Waals surface area contributed by atoms with Gasteiger partial charge >= 0.3 is 0 Å². The van der Waals surface area contributed by atoms with E-state index in [9.17, 15) is 4.79 Å². The number of fused-ring (bicyclic) bond motifs is 1. The van der Waals surface area contributed by atoms with Crippen molar-refractivity contribution in [1.82, 2.24) is 20.4 Å². The minimum Gasteiger partial charge on any atom is -0.337 e. The third kappa shape index (κ3) is 2.33. The fraction of sp³-hybridized carbons (Fsp3) is 0.429. The van der Waals surface area contributed by atoms with Gasteiger partial charge in [0, 0.05) is 31.1 Å². The van der Waals surface area contributed by atoms with E-state index < -0.39 is 0 Å². The van der Waals surface area contributed by atoms with E-state index >= 15 is 0 Å². The van der Waals surface area contributed by atoms with E-state index in [1.807, 2.05) is 29.2 Å². The topological polar surface area (TPSA) is 61.0 Å². The number of carbonyl (C=O) groups is 1. The lowest BCUT2D eigenvalue weighted by molar-refractivity contribution is -0.133. The highest BCUT2D eigenvalue weighted by atomic mass is 16.2. The van der Waals surface area contributed by atoms with Crippen LogP contribution in [0.15, 0.2) is 24.3 Å². The van der Waals surface area contributed by atoms with E-state index in [-0.39, 0.29) is 11.9 Å². The summed E-state index contributed by atoms with van der Waals surface area (Å²) in [7, 11) is 0. The number of aromatic nitrogens is 2. The molecule has 0 radical (unpaired) electrons. The van der Waals surface area contributed by atoms with Gasteiger partial charge in [-0.1, -0.05) is 18.2 Å². The zero-order valence-electron chi connectivity index (χ0n) is 11.0. The van der Waals surface area contributed by atoms with E-state index in [1.165, 1.54) is 0 Å². The Hall–Kier alpha value is -1.88. The zero-order valence-corrected chi connectivity index (χ0v) is 11.0. The predicted molar refractivity (Wildman–Crippen MR) is 73.8 cm³/mol. The highest BCUT2D eigenvalue weighted by Gasteiger charge is 2.23. The monoisotopic (exact) mass is 258 g/mol. The van der Waals surface area contributed by atoms with Crippen LogP contribution in [0.25, 0.3) is 10.9 Å². The first-order chi connectivity index (χ1) is 9.25. The number of rotatable bonds is 2. The van der Waals surface area contributed by atoms with Gasteiger partial charge in [0.2, 0.25) is 5.91 Å². The molecule has 3 rings (SSSR count). The summed E-state index contributed by atoms with van der Waals surface area (Å²) in [5.41, 5.74) is 1.82. The van der Waals surface area contributed by atoms with Gasteiger partial charge in [-0.2, -0.15) is 5.10 Å². The second-order valence-corrected chi connectivity index (χ2v) is 5.04. The van der Waals surface area contributed by atoms with Gasteiger partial charge in [0.25, 0.3) is 0 Å². The third-order valence-electron chi connectivity index (χ3n) is 3.69. The molecule has 5 heteroatoms. The maximum absolute atomic E-state index is 12.4. The molecule has 2 aromatic rings. The molecule has 0 aliphatic carbocycles. The normalized spacial score (nSPS) is 19.8. The molecular weight excluding hydrogens is 240 g/mol. The summed E-state index contributed by atoms with van der Waals surface area (Å²) in [6.45, 7) is 4.61. The number of H-pyrrole nitrogens is 1. The number of amides is 1. The van der Waals surface area contributed by atoms with E-state index in [0.29, 0.717) is 6.42 Å². The highest BCUT2D eigenvalue weighted by molar-refractivity contribution is 5.87. The molecule has 1 atom stereocenters. The van der Waals surface area contributed by atoms with Gasteiger partial charge in [0.1, 0.15) is 0 Å². The fourth-order valence-electron chi connectivity index (χ4n) is 2.61. The molecule has 0 unspecified atom stereocenters. The fourth-order valence-corrected chi connectivity index (χ4v) is 2.61. The average Bonchev–Trinajstić information content (AvgIpc) is 2.83. The number of aromatic amines is 1. The SMILES string of the molecule is C[C@@H]1CNCCN1C(=O)Cc1[nH]nc2ccccc12. The van der Waals surface area contributed by atoms with E-state index in [1.54, 1.807) is 0 Å². The second kappa shape index (κ2) is 5.01. The van der Waals surface area contributed by atoms with Crippen molar-refractivity contribution in [2.45, 2.75) is 19.4 Å². The van der Waals surface area contributed by atoms with E-state index in [4.69, 9.17) is 0 Å². The molecule has 0 spiro atoms. The average molecular weight is 258 g/mol. The maximum atomic E-state index is 12.4. The molecule has 1 fully saturated rings. The van der Waals surface area contributed by atoms with Crippen LogP contribution in [0, 0.1) is 0 Å². The third-order valence-corrected chi connectivity index (χ3v) is 3.69. The molecule has 5 nitrogen and oxygen atoms in total. The molecule has 100 valence electrons. The highest BCUT2D eigenvalue weighted by Crippen LogP contribution is 2.16. The van der Waals surface area contributed by atoms with Gasteiger partial charge in [-0.25, -0.2) is 0 Å². The predicted octanol–water partition coefficient (Wildman–Crippen LogP) is 0.926. The number of nitrogens with one attached hydrogen (secondary N) is 2. The van der Waals surface area contributed by atoms with Gasteiger partial charge in [-0.05, 0) is 13.0 Å². The van der Waals surface area contributed by atoms with Crippen LogP contribution in [0.4, 0.5) is 0 Å². The Morgan fingerprint density at radius 3 is 3.16 bits per heavy atom. The van der Waals surface area contributed by atoms with Gasteiger partial charge in [-0.3, -0.25) is 9.89 Å². The summed E-state index contributed by atoms with van der Waals surface area (Å²) in [5, 5.41) is 11.5. The second-order valence-electron chi connectivity index (χ2n) is 5.04. The molecule has 1 aromatic carbocycles. The smallest absolute Gasteiger partial charge is 0.228 e. The summed E-state index contributed by atoms with van der Waals surface area (Å²) in [4.78, 5) is 14.3. The minimum absolute atomic E-state index is 0.170. The lowest BCUT2D eigenvalue weighted by Crippen LogP contribution is -2.52. The van der Waals surface area contributed by atoms with Crippen LogP contribution in [0.3, 0.4) is 0 Å². The summed E-state index contributed by atoms with van der Waals surface area (Å²) < 4.78 is 0. The Bertz CT molecular complexity index is 592. The van der Waals surface area contributed by atoms with Crippen LogP contribution in [0.2, 0.25) is 0 Å². The van der Waals surface area contributed by atoms with E-state index in [2.05, 4.69) is 22.4 Å². The van der Waals surface area contributed by atoms with E-state index in [0.717, 1.165) is 36.2 Å². The van der Waals surface area contributed by atoms with Crippen LogP contribution in [0.1, 0.15) is 12.6 Å². The number of hydrogen-bond donors (Lipinski definition) is 2. The molecule has 0 saturated carbocycles. The van der Waals surface area contributed by atoms with Crippen molar-refractivity contribution in [3.05, 3.63) is 30.0 Å². The van der Waals surface area contributed by atoms with Gasteiger partial charge in [0.15, 0.2) is 0 Å². The summed E-state index contributed by atoms with van der Waals surface area (Å²) in [6, 6.07) is 8.14. The van der Waals surface area contributed by atoms with Crippen LogP contribution >= 0.6 is 0 Å². The Balaban J connectivity index is 1.79. The maximum Gasteiger partial charge on any atom is 0.228 e. The largest absolute Gasteiger partial charge is 0.337 e. The molecule has 2 heterocycles. The van der Waals surface area contributed by atoms with Gasteiger partial charge in [-0.15, -0.1) is 0 Å². The molecule has 1 aliphatic rings. The van der Waals surface area contributed by atoms with Crippen molar-refractivity contribution in [2.75, 3.05) is 19.6 Å². The molecule has 1 amide bonds. The van der Waals surface area contributed by atoms with Gasteiger partial charge < -0.3 is 10.2 Å². The van der Waals surface area contributed by atoms with Crippen molar-refractivity contribution >= 4 is 16.8 Å². The van der Waals surface area contributed by atoms with Crippen molar-refractivity contribution in [2.24, 2.45) is 0 Å². The van der Waals surface area contributed by atoms with Crippen molar-refractivity contribution in [3.63, 3.8) is 0 Å². The van der Waals surface area contributed by atoms with Crippen LogP contribution in [-0.2, 0) is 11.2 Å². The van der Waals surface area contributed by atoms with Crippen LogP contribution in [0.5, 0.6) is 0 Å². The molecule has 1 saturated heterocycles. The quantitative estimate of drug-likeness (QED) is 0.842. The standard InChI is InChI=1S/C14H18N4O/c1-10-9-15-6-7-18(10)14(19)8-13-11-4-2-3-5-12(11)16-17-13/h2-5,10,15H,6-9H2,1H3,(H,16,17)/t10-/m1/s1. The molecule has 1 aliphatic heterocycles. The minimum atomic E-state index is 0.170. The van der Waals surface area contributed by atoms with Crippen LogP contribution < -0.4 is 5.32 Å². The summed E-state index contributed by atoms with van der Waals surface area (Å²) >= 11 is 0. The lowest BCUT2D eigenvalue weighted by Gasteiger charge is -2.34. The molecule has 2 N–H and O–H groups in total. The number of carbonyl (C=O) groups excluding carboxylic acids is 1. The number of piperazine rings is 1. The first-order valence-electron chi connectivity index (χ1n) is 6.68. The Morgan fingerprint density at radius 2 is 2.32 bits per heavy atom. The van der Waals surface area contributed by atoms with Gasteiger partial charge in [0.05, 0.1) is 17.6 Å². The van der Waals surface area contributed by atoms with Crippen molar-refractivity contribution < 1.29 is 4.79 Å². The number of hydrogen-bond acceptors (Lipinski definition) is 3. The van der Waals surface area contributed by atoms with Crippen LogP contribution in [-0.4, -0.2) is 46.7 Å². The molecular formula is C14H18N4O. The summed E-state index contributed by atoms with van der Waals surface area (Å²) in [6.07, 6.45) is 0.394. The first kappa shape index (κ1) is 12.2. The Kier molecular flexibility index (Phi) is 3.21. The zero-order chi connectivity index (χ0) is 13.2. The summed E-state index contributed by atoms with van der Waals surface area (Å²) in [5.74, 6) is 0.170. The molecule has 1 aromatic heterocycles. The first-order valence-corrected chi connectivity index (χ1v) is 6.68. The molecule has 19 heavy (non-hydrogen) atoms. The van der Waals surface area contributed by atoms with Crippen molar-refractivity contribution in [1.29, 1.82) is 0 Å². The molecule has 0 bridgehead atoms. The Labute approximate surface area is 112 Å². The number of para-hydroxylation sites is 1. The number of benzene rings is 1. The lowest BCUT2D eigenvalue weighted by atomic mass is 10.1.